The molecule has 0 amide bonds. The molecule has 0 bridgehead atoms. The van der Waals surface area contributed by atoms with Crippen molar-refractivity contribution in [3.05, 3.63) is 0 Å². The highest BCUT2D eigenvalue weighted by molar-refractivity contribution is 4.87. The van der Waals surface area contributed by atoms with Gasteiger partial charge in [-0.2, -0.15) is 0 Å². The van der Waals surface area contributed by atoms with Crippen LogP contribution >= 0.6 is 0 Å². The Bertz CT molecular complexity index is 264. The fourth-order valence-electron chi connectivity index (χ4n) is 3.31. The van der Waals surface area contributed by atoms with Crippen LogP contribution in [0.4, 0.5) is 0 Å². The number of unbranched alkanes of at least 4 members (excludes halogenated alkanes) is 3. The fourth-order valence-corrected chi connectivity index (χ4v) is 3.31. The van der Waals surface area contributed by atoms with Crippen molar-refractivity contribution in [2.45, 2.75) is 63.9 Å². The third-order valence-electron chi connectivity index (χ3n) is 4.67. The molecule has 4 N–H and O–H groups in total. The van der Waals surface area contributed by atoms with Crippen LogP contribution in [0.15, 0.2) is 0 Å². The van der Waals surface area contributed by atoms with Crippen LogP contribution in [0.5, 0.6) is 0 Å². The van der Waals surface area contributed by atoms with Crippen molar-refractivity contribution in [3.63, 3.8) is 0 Å². The molecule has 1 aliphatic rings. The Labute approximate surface area is 116 Å². The first-order valence-electron chi connectivity index (χ1n) is 7.53. The summed E-state index contributed by atoms with van der Waals surface area (Å²) in [6, 6.07) is -0.398. The van der Waals surface area contributed by atoms with Gasteiger partial charge < -0.3 is 24.9 Å². The third-order valence-corrected chi connectivity index (χ3v) is 4.67. The van der Waals surface area contributed by atoms with E-state index in [4.69, 9.17) is 0 Å². The second-order valence-electron chi connectivity index (χ2n) is 5.80. The molecule has 0 radical (unpaired) electrons. The number of likely N-dealkylation sites (tertiary alicyclic amines) is 1. The van der Waals surface area contributed by atoms with Gasteiger partial charge in [0.15, 0.2) is 0 Å². The molecule has 1 fully saturated rings. The number of rotatable bonds is 7. The Morgan fingerprint density at radius 2 is 1.68 bits per heavy atom. The summed E-state index contributed by atoms with van der Waals surface area (Å²) in [7, 11) is 0. The molecule has 0 aromatic heterocycles. The summed E-state index contributed by atoms with van der Waals surface area (Å²) in [4.78, 5) is 0. The third kappa shape index (κ3) is 3.67. The predicted octanol–water partition coefficient (Wildman–Crippen LogP) is -0.139. The van der Waals surface area contributed by atoms with Crippen LogP contribution in [-0.2, 0) is 0 Å². The van der Waals surface area contributed by atoms with Crippen molar-refractivity contribution in [3.8, 4) is 0 Å². The molecule has 0 saturated carbocycles. The Balaban J connectivity index is 2.76. The lowest BCUT2D eigenvalue weighted by Crippen LogP contribution is -2.72. The monoisotopic (exact) mass is 276 g/mol. The van der Waals surface area contributed by atoms with E-state index in [9.17, 15) is 20.4 Å². The predicted molar refractivity (Wildman–Crippen MR) is 73.6 cm³/mol. The average Bonchev–Trinajstić information content (AvgIpc) is 2.41. The van der Waals surface area contributed by atoms with E-state index < -0.39 is 24.4 Å². The molecule has 0 aliphatic carbocycles. The van der Waals surface area contributed by atoms with Crippen molar-refractivity contribution < 1.29 is 24.9 Å². The standard InChI is InChI=1S/C14H30NO4/c1-3-5-6-7-8-15(4-2)9-12(17)14(19)13(18)11(15)10-16/h11-14,16-19H,3-10H2,1-2H3/q+1. The van der Waals surface area contributed by atoms with Gasteiger partial charge in [0.1, 0.15) is 30.9 Å². The van der Waals surface area contributed by atoms with Gasteiger partial charge in [0.2, 0.25) is 0 Å². The Kier molecular flexibility index (Phi) is 6.69. The van der Waals surface area contributed by atoms with E-state index >= 15 is 0 Å². The summed E-state index contributed by atoms with van der Waals surface area (Å²) < 4.78 is 0.500. The molecule has 0 aromatic carbocycles. The van der Waals surface area contributed by atoms with Gasteiger partial charge in [-0.05, 0) is 19.8 Å². The van der Waals surface area contributed by atoms with Crippen molar-refractivity contribution in [2.24, 2.45) is 0 Å². The van der Waals surface area contributed by atoms with E-state index in [0.29, 0.717) is 11.0 Å². The molecule has 0 aromatic rings. The van der Waals surface area contributed by atoms with E-state index in [2.05, 4.69) is 6.92 Å². The molecule has 0 spiro atoms. The van der Waals surface area contributed by atoms with Gasteiger partial charge in [-0.15, -0.1) is 0 Å². The largest absolute Gasteiger partial charge is 0.390 e. The van der Waals surface area contributed by atoms with E-state index in [1.807, 2.05) is 6.92 Å². The second kappa shape index (κ2) is 7.55. The fraction of sp³-hybridized carbons (Fsp3) is 1.00. The van der Waals surface area contributed by atoms with Crippen molar-refractivity contribution in [2.75, 3.05) is 26.2 Å². The molecule has 5 heteroatoms. The lowest BCUT2D eigenvalue weighted by molar-refractivity contribution is -0.962. The number of hydrogen-bond acceptors (Lipinski definition) is 4. The summed E-state index contributed by atoms with van der Waals surface area (Å²) in [5.41, 5.74) is 0. The maximum Gasteiger partial charge on any atom is 0.141 e. The van der Waals surface area contributed by atoms with Gasteiger partial charge in [-0.3, -0.25) is 0 Å². The van der Waals surface area contributed by atoms with Gasteiger partial charge >= 0.3 is 0 Å². The highest BCUT2D eigenvalue weighted by Gasteiger charge is 2.50. The van der Waals surface area contributed by atoms with E-state index in [1.54, 1.807) is 0 Å². The molecule has 1 rings (SSSR count). The lowest BCUT2D eigenvalue weighted by atomic mass is 9.90. The molecular formula is C14H30NO4+. The van der Waals surface area contributed by atoms with Crippen LogP contribution in [0, 0.1) is 0 Å². The van der Waals surface area contributed by atoms with Gasteiger partial charge in [-0.25, -0.2) is 0 Å². The van der Waals surface area contributed by atoms with Crippen molar-refractivity contribution >= 4 is 0 Å². The zero-order valence-electron chi connectivity index (χ0n) is 12.2. The van der Waals surface area contributed by atoms with E-state index in [-0.39, 0.29) is 6.61 Å². The molecular weight excluding hydrogens is 246 g/mol. The zero-order valence-corrected chi connectivity index (χ0v) is 12.2. The summed E-state index contributed by atoms with van der Waals surface area (Å²) >= 11 is 0. The van der Waals surface area contributed by atoms with Crippen molar-refractivity contribution in [1.29, 1.82) is 0 Å². The van der Waals surface area contributed by atoms with Crippen LogP contribution in [0.3, 0.4) is 0 Å². The molecule has 114 valence electrons. The minimum atomic E-state index is -1.15. The first-order chi connectivity index (χ1) is 9.02. The highest BCUT2D eigenvalue weighted by Crippen LogP contribution is 2.28. The number of likely N-dealkylation sites (N-methyl/N-ethyl adjacent to an activating group) is 1. The second-order valence-corrected chi connectivity index (χ2v) is 5.80. The molecule has 1 aliphatic heterocycles. The normalized spacial score (nSPS) is 39.5. The van der Waals surface area contributed by atoms with Gasteiger partial charge in [0, 0.05) is 0 Å². The Morgan fingerprint density at radius 3 is 2.21 bits per heavy atom. The number of piperidine rings is 1. The topological polar surface area (TPSA) is 80.9 Å². The first kappa shape index (κ1) is 16.9. The summed E-state index contributed by atoms with van der Waals surface area (Å²) in [6.45, 7) is 6.00. The SMILES string of the molecule is CCCCCC[N+]1(CC)CC(O)C(O)C(O)C1CO. The molecule has 1 heterocycles. The number of aliphatic hydroxyl groups excluding tert-OH is 4. The van der Waals surface area contributed by atoms with Crippen LogP contribution in [0.25, 0.3) is 0 Å². The van der Waals surface area contributed by atoms with Gasteiger partial charge in [0.25, 0.3) is 0 Å². The minimum absolute atomic E-state index is 0.160. The number of hydrogen-bond donors (Lipinski definition) is 4. The summed E-state index contributed by atoms with van der Waals surface area (Å²) in [5, 5.41) is 39.3. The summed E-state index contributed by atoms with van der Waals surface area (Å²) in [5.74, 6) is 0. The minimum Gasteiger partial charge on any atom is -0.390 e. The molecule has 5 unspecified atom stereocenters. The van der Waals surface area contributed by atoms with Crippen LogP contribution in [-0.4, -0.2) is 75.5 Å². The van der Waals surface area contributed by atoms with Gasteiger partial charge in [0.05, 0.1) is 19.7 Å². The Morgan fingerprint density at radius 1 is 1.00 bits per heavy atom. The first-order valence-corrected chi connectivity index (χ1v) is 7.53. The summed E-state index contributed by atoms with van der Waals surface area (Å²) in [6.07, 6.45) is 1.38. The lowest BCUT2D eigenvalue weighted by Gasteiger charge is -2.51. The number of aliphatic hydroxyl groups is 4. The number of quaternary nitrogens is 1. The smallest absolute Gasteiger partial charge is 0.141 e. The molecule has 5 nitrogen and oxygen atoms in total. The quantitative estimate of drug-likeness (QED) is 0.385. The number of nitrogens with zero attached hydrogens (tertiary/aromatic N) is 1. The molecule has 5 atom stereocenters. The van der Waals surface area contributed by atoms with Crippen LogP contribution < -0.4 is 0 Å². The van der Waals surface area contributed by atoms with Crippen LogP contribution in [0.1, 0.15) is 39.5 Å². The van der Waals surface area contributed by atoms with Crippen molar-refractivity contribution in [1.82, 2.24) is 0 Å². The average molecular weight is 276 g/mol. The van der Waals surface area contributed by atoms with Gasteiger partial charge in [-0.1, -0.05) is 19.8 Å². The van der Waals surface area contributed by atoms with Crippen LogP contribution in [0.2, 0.25) is 0 Å². The van der Waals surface area contributed by atoms with E-state index in [1.165, 1.54) is 12.8 Å². The van der Waals surface area contributed by atoms with E-state index in [0.717, 1.165) is 25.9 Å². The maximum atomic E-state index is 10.1. The molecule has 1 saturated heterocycles. The Hall–Kier alpha value is -0.200. The highest BCUT2D eigenvalue weighted by atomic mass is 16.4. The molecule has 19 heavy (non-hydrogen) atoms. The zero-order chi connectivity index (χ0) is 14.5. The maximum absolute atomic E-state index is 10.1.